The molecule has 25 heavy (non-hydrogen) atoms. The molecule has 3 fully saturated rings. The number of aryl methyl sites for hydroxylation is 1. The summed E-state index contributed by atoms with van der Waals surface area (Å²) in [5.41, 5.74) is 1.30. The van der Waals surface area contributed by atoms with Gasteiger partial charge in [0.05, 0.1) is 10.7 Å². The summed E-state index contributed by atoms with van der Waals surface area (Å²) in [5, 5.41) is 8.15. The van der Waals surface area contributed by atoms with Crippen LogP contribution in [0.1, 0.15) is 72.9 Å². The van der Waals surface area contributed by atoms with Gasteiger partial charge in [-0.15, -0.1) is 11.3 Å². The molecule has 3 heterocycles. The van der Waals surface area contributed by atoms with Gasteiger partial charge in [-0.25, -0.2) is 14.5 Å². The third kappa shape index (κ3) is 3.08. The van der Waals surface area contributed by atoms with Crippen molar-refractivity contribution in [2.45, 2.75) is 62.9 Å². The molecule has 6 nitrogen and oxygen atoms in total. The van der Waals surface area contributed by atoms with Crippen LogP contribution in [0.25, 0.3) is 0 Å². The smallest absolute Gasteiger partial charge is 0.297 e. The van der Waals surface area contributed by atoms with E-state index in [1.807, 2.05) is 15.9 Å². The number of hydrogen-bond donors (Lipinski definition) is 0. The molecule has 134 valence electrons. The van der Waals surface area contributed by atoms with Crippen molar-refractivity contribution in [3.8, 4) is 0 Å². The number of likely N-dealkylation sites (tertiary alicyclic amines) is 1. The van der Waals surface area contributed by atoms with Gasteiger partial charge < -0.3 is 0 Å². The molecule has 1 aliphatic heterocycles. The van der Waals surface area contributed by atoms with Crippen LogP contribution in [0.15, 0.2) is 10.2 Å². The van der Waals surface area contributed by atoms with Gasteiger partial charge in [0.2, 0.25) is 0 Å². The lowest BCUT2D eigenvalue weighted by Gasteiger charge is -2.31. The molecule has 2 aromatic heterocycles. The molecule has 2 saturated carbocycles. The van der Waals surface area contributed by atoms with Gasteiger partial charge in [-0.05, 0) is 51.6 Å². The van der Waals surface area contributed by atoms with E-state index < -0.39 is 0 Å². The Kier molecular flexibility index (Phi) is 3.82. The number of nitrogens with zero attached hydrogens (tertiary/aromatic N) is 5. The minimum absolute atomic E-state index is 0.0648. The van der Waals surface area contributed by atoms with Gasteiger partial charge in [0.15, 0.2) is 0 Å². The average molecular weight is 359 g/mol. The van der Waals surface area contributed by atoms with E-state index in [9.17, 15) is 4.79 Å². The second-order valence-corrected chi connectivity index (χ2v) is 8.76. The summed E-state index contributed by atoms with van der Waals surface area (Å²) in [6.45, 7) is 3.10. The summed E-state index contributed by atoms with van der Waals surface area (Å²) < 4.78 is 3.50. The van der Waals surface area contributed by atoms with E-state index in [-0.39, 0.29) is 5.69 Å². The largest absolute Gasteiger partial charge is 0.345 e. The Hall–Kier alpha value is -1.47. The number of hydrogen-bond acceptors (Lipinski definition) is 5. The van der Waals surface area contributed by atoms with Gasteiger partial charge >= 0.3 is 5.69 Å². The highest BCUT2D eigenvalue weighted by molar-refractivity contribution is 7.09. The van der Waals surface area contributed by atoms with Crippen molar-refractivity contribution in [3.05, 3.63) is 32.4 Å². The average Bonchev–Trinajstić information content (AvgIpc) is 3.54. The van der Waals surface area contributed by atoms with Gasteiger partial charge in [-0.3, -0.25) is 9.47 Å². The van der Waals surface area contributed by atoms with Crippen molar-refractivity contribution in [1.82, 2.24) is 24.2 Å². The van der Waals surface area contributed by atoms with E-state index >= 15 is 0 Å². The maximum absolute atomic E-state index is 12.3. The maximum Gasteiger partial charge on any atom is 0.345 e. The molecule has 5 rings (SSSR count). The van der Waals surface area contributed by atoms with Crippen LogP contribution in [0.2, 0.25) is 0 Å². The molecule has 0 aromatic carbocycles. The van der Waals surface area contributed by atoms with Crippen molar-refractivity contribution < 1.29 is 0 Å². The fraction of sp³-hybridized carbons (Fsp3) is 0.722. The number of aromatic nitrogens is 4. The van der Waals surface area contributed by atoms with Crippen LogP contribution >= 0.6 is 11.3 Å². The predicted octanol–water partition coefficient (Wildman–Crippen LogP) is 2.63. The summed E-state index contributed by atoms with van der Waals surface area (Å²) in [7, 11) is 1.78. The molecular weight excluding hydrogens is 334 g/mol. The first-order valence-electron chi connectivity index (χ1n) is 9.51. The van der Waals surface area contributed by atoms with Crippen LogP contribution in [-0.2, 0) is 13.6 Å². The summed E-state index contributed by atoms with van der Waals surface area (Å²) in [5.74, 6) is 2.20. The lowest BCUT2D eigenvalue weighted by atomic mass is 9.95. The molecule has 2 aromatic rings. The third-order valence-electron chi connectivity index (χ3n) is 5.73. The minimum atomic E-state index is 0.0648. The van der Waals surface area contributed by atoms with Gasteiger partial charge in [0.1, 0.15) is 5.82 Å². The molecule has 0 spiro atoms. The summed E-state index contributed by atoms with van der Waals surface area (Å²) in [6.07, 6.45) is 7.08. The second kappa shape index (κ2) is 6.06. The topological polar surface area (TPSA) is 56.0 Å². The monoisotopic (exact) mass is 359 g/mol. The van der Waals surface area contributed by atoms with E-state index in [1.54, 1.807) is 7.05 Å². The normalized spacial score (nSPS) is 22.6. The van der Waals surface area contributed by atoms with Crippen LogP contribution < -0.4 is 5.69 Å². The number of piperidine rings is 1. The van der Waals surface area contributed by atoms with E-state index in [4.69, 9.17) is 4.98 Å². The Balaban J connectivity index is 1.24. The molecule has 0 unspecified atom stereocenters. The Bertz CT molecular complexity index is 821. The van der Waals surface area contributed by atoms with E-state index in [0.29, 0.717) is 12.0 Å². The first-order valence-corrected chi connectivity index (χ1v) is 10.4. The molecular formula is C18H25N5OS. The number of thiazole rings is 1. The van der Waals surface area contributed by atoms with E-state index in [1.165, 1.54) is 28.2 Å². The van der Waals surface area contributed by atoms with Crippen molar-refractivity contribution in [2.24, 2.45) is 7.05 Å². The predicted molar refractivity (Wildman–Crippen MR) is 97.1 cm³/mol. The Morgan fingerprint density at radius 2 is 1.88 bits per heavy atom. The fourth-order valence-corrected chi connectivity index (χ4v) is 4.93. The highest BCUT2D eigenvalue weighted by atomic mass is 32.1. The fourth-order valence-electron chi connectivity index (χ4n) is 3.94. The van der Waals surface area contributed by atoms with Crippen LogP contribution in [-0.4, -0.2) is 37.3 Å². The van der Waals surface area contributed by atoms with Gasteiger partial charge in [-0.2, -0.15) is 5.10 Å². The van der Waals surface area contributed by atoms with E-state index in [0.717, 1.165) is 57.1 Å². The molecule has 0 radical (unpaired) electrons. The zero-order valence-electron chi connectivity index (χ0n) is 14.7. The molecule has 0 atom stereocenters. The minimum Gasteiger partial charge on any atom is -0.297 e. The van der Waals surface area contributed by atoms with Crippen molar-refractivity contribution in [3.63, 3.8) is 0 Å². The van der Waals surface area contributed by atoms with E-state index in [2.05, 4.69) is 15.4 Å². The van der Waals surface area contributed by atoms with Gasteiger partial charge in [-0.1, -0.05) is 0 Å². The van der Waals surface area contributed by atoms with Crippen LogP contribution in [0.3, 0.4) is 0 Å². The van der Waals surface area contributed by atoms with Gasteiger partial charge in [0, 0.05) is 36.9 Å². The summed E-state index contributed by atoms with van der Waals surface area (Å²) >= 11 is 1.83. The molecule has 3 aliphatic rings. The van der Waals surface area contributed by atoms with Crippen molar-refractivity contribution in [2.75, 3.05) is 13.1 Å². The lowest BCUT2D eigenvalue weighted by Crippen LogP contribution is -2.34. The van der Waals surface area contributed by atoms with Crippen molar-refractivity contribution in [1.29, 1.82) is 0 Å². The highest BCUT2D eigenvalue weighted by Gasteiger charge is 2.33. The Morgan fingerprint density at radius 3 is 2.56 bits per heavy atom. The maximum atomic E-state index is 12.3. The molecule has 2 aliphatic carbocycles. The molecule has 0 bridgehead atoms. The zero-order chi connectivity index (χ0) is 17.0. The van der Waals surface area contributed by atoms with Crippen molar-refractivity contribution >= 4 is 11.3 Å². The summed E-state index contributed by atoms with van der Waals surface area (Å²) in [4.78, 5) is 19.7. The first kappa shape index (κ1) is 15.8. The van der Waals surface area contributed by atoms with Crippen LogP contribution in [0, 0.1) is 0 Å². The summed E-state index contributed by atoms with van der Waals surface area (Å²) in [6, 6.07) is 0.407. The lowest BCUT2D eigenvalue weighted by molar-refractivity contribution is 0.198. The van der Waals surface area contributed by atoms with Crippen LogP contribution in [0.4, 0.5) is 0 Å². The third-order valence-corrected chi connectivity index (χ3v) is 6.78. The first-order chi connectivity index (χ1) is 12.2. The molecule has 1 saturated heterocycles. The molecule has 0 N–H and O–H groups in total. The Morgan fingerprint density at radius 1 is 1.12 bits per heavy atom. The Labute approximate surface area is 151 Å². The zero-order valence-corrected chi connectivity index (χ0v) is 15.5. The number of rotatable bonds is 5. The SMILES string of the molecule is Cn1nc(C2CCN(Cc3csc(C4CC4)n3)CC2)n(C2CC2)c1=O. The quantitative estimate of drug-likeness (QED) is 0.823. The second-order valence-electron chi connectivity index (χ2n) is 7.87. The van der Waals surface area contributed by atoms with Gasteiger partial charge in [0.25, 0.3) is 0 Å². The highest BCUT2D eigenvalue weighted by Crippen LogP contribution is 2.41. The molecule has 7 heteroatoms. The van der Waals surface area contributed by atoms with Crippen LogP contribution in [0.5, 0.6) is 0 Å². The molecule has 0 amide bonds. The standard InChI is InChI=1S/C18H25N5OS/c1-21-18(24)23(15-4-5-15)16(20-21)12-6-8-22(9-7-12)10-14-11-25-17(19-14)13-2-3-13/h11-13,15H,2-10H2,1H3.